The van der Waals surface area contributed by atoms with Gasteiger partial charge in [0.1, 0.15) is 5.75 Å². The van der Waals surface area contributed by atoms with E-state index in [1.54, 1.807) is 25.3 Å². The predicted octanol–water partition coefficient (Wildman–Crippen LogP) is 4.00. The monoisotopic (exact) mass is 387 g/mol. The minimum absolute atomic E-state index is 0.00949. The Bertz CT molecular complexity index is 902. The summed E-state index contributed by atoms with van der Waals surface area (Å²) in [5.41, 5.74) is 1.70. The number of amides is 1. The Morgan fingerprint density at radius 1 is 1.00 bits per heavy atom. The van der Waals surface area contributed by atoms with Gasteiger partial charge < -0.3 is 4.74 Å². The first kappa shape index (κ1) is 19.4. The van der Waals surface area contributed by atoms with Crippen molar-refractivity contribution in [3.05, 3.63) is 54.1 Å². The van der Waals surface area contributed by atoms with E-state index in [9.17, 15) is 13.2 Å². The van der Waals surface area contributed by atoms with Crippen LogP contribution in [0.4, 0.5) is 0 Å². The third-order valence-corrected chi connectivity index (χ3v) is 6.40. The zero-order chi connectivity index (χ0) is 19.3. The van der Waals surface area contributed by atoms with Crippen LogP contribution >= 0.6 is 0 Å². The van der Waals surface area contributed by atoms with Gasteiger partial charge in [-0.25, -0.2) is 13.1 Å². The van der Waals surface area contributed by atoms with Crippen LogP contribution in [0.2, 0.25) is 0 Å². The number of hydrogen-bond donors (Lipinski definition) is 1. The quantitative estimate of drug-likeness (QED) is 0.813. The lowest BCUT2D eigenvalue weighted by molar-refractivity contribution is 0.0982. The molecule has 0 atom stereocenters. The molecule has 1 fully saturated rings. The summed E-state index contributed by atoms with van der Waals surface area (Å²) in [6.45, 7) is 0. The molecule has 2 aromatic rings. The van der Waals surface area contributed by atoms with E-state index in [1.165, 1.54) is 0 Å². The minimum atomic E-state index is -3.67. The Hall–Kier alpha value is -2.34. The molecular formula is C21H25NO4S. The summed E-state index contributed by atoms with van der Waals surface area (Å²) in [6, 6.07) is 14.3. The number of benzene rings is 2. The highest BCUT2D eigenvalue weighted by molar-refractivity contribution is 7.90. The molecule has 27 heavy (non-hydrogen) atoms. The van der Waals surface area contributed by atoms with Crippen molar-refractivity contribution >= 4 is 15.9 Å². The molecule has 3 rings (SSSR count). The Kier molecular flexibility index (Phi) is 6.16. The third-order valence-electron chi connectivity index (χ3n) is 5.00. The van der Waals surface area contributed by atoms with Crippen LogP contribution in [0.15, 0.2) is 48.5 Å². The maximum Gasteiger partial charge on any atom is 0.265 e. The summed E-state index contributed by atoms with van der Waals surface area (Å²) in [7, 11) is -2.11. The van der Waals surface area contributed by atoms with Crippen LogP contribution in [0.25, 0.3) is 11.1 Å². The number of carbonyl (C=O) groups excluding carboxylic acids is 1. The van der Waals surface area contributed by atoms with E-state index in [1.807, 2.05) is 30.3 Å². The lowest BCUT2D eigenvalue weighted by Crippen LogP contribution is -2.35. The first-order chi connectivity index (χ1) is 13.0. The summed E-state index contributed by atoms with van der Waals surface area (Å²) in [4.78, 5) is 12.8. The van der Waals surface area contributed by atoms with Crippen LogP contribution in [0, 0.1) is 5.92 Å². The van der Waals surface area contributed by atoms with Gasteiger partial charge in [-0.1, -0.05) is 55.7 Å². The van der Waals surface area contributed by atoms with Crippen LogP contribution in [0.1, 0.15) is 42.5 Å². The summed E-state index contributed by atoms with van der Waals surface area (Å²) in [5.74, 6) is 0.166. The first-order valence-corrected chi connectivity index (χ1v) is 10.9. The van der Waals surface area contributed by atoms with Gasteiger partial charge in [0.25, 0.3) is 5.91 Å². The fourth-order valence-corrected chi connectivity index (χ4v) is 5.11. The van der Waals surface area contributed by atoms with Crippen LogP contribution in [0.5, 0.6) is 5.75 Å². The van der Waals surface area contributed by atoms with E-state index in [4.69, 9.17) is 4.74 Å². The molecular weight excluding hydrogens is 362 g/mol. The highest BCUT2D eigenvalue weighted by Crippen LogP contribution is 2.32. The van der Waals surface area contributed by atoms with Crippen LogP contribution in [0.3, 0.4) is 0 Å². The average molecular weight is 388 g/mol. The van der Waals surface area contributed by atoms with Gasteiger partial charge in [-0.3, -0.25) is 4.79 Å². The highest BCUT2D eigenvalue weighted by Gasteiger charge is 2.24. The van der Waals surface area contributed by atoms with Crippen molar-refractivity contribution in [2.45, 2.75) is 32.1 Å². The second-order valence-corrected chi connectivity index (χ2v) is 8.73. The minimum Gasteiger partial charge on any atom is -0.496 e. The molecule has 1 saturated carbocycles. The number of para-hydroxylation sites is 1. The normalized spacial score (nSPS) is 15.3. The third kappa shape index (κ3) is 4.89. The number of methoxy groups -OCH3 is 1. The summed E-state index contributed by atoms with van der Waals surface area (Å²) in [6.07, 6.45) is 5.10. The molecule has 0 bridgehead atoms. The lowest BCUT2D eigenvalue weighted by atomic mass is 9.91. The summed E-state index contributed by atoms with van der Waals surface area (Å²) >= 11 is 0. The topological polar surface area (TPSA) is 72.5 Å². The first-order valence-electron chi connectivity index (χ1n) is 9.27. The van der Waals surface area contributed by atoms with Crippen molar-refractivity contribution in [2.75, 3.05) is 12.9 Å². The molecule has 0 aliphatic heterocycles. The van der Waals surface area contributed by atoms with E-state index >= 15 is 0 Å². The molecule has 1 aliphatic carbocycles. The van der Waals surface area contributed by atoms with Crippen molar-refractivity contribution in [1.29, 1.82) is 0 Å². The van der Waals surface area contributed by atoms with Crippen LogP contribution in [-0.2, 0) is 10.0 Å². The maximum absolute atomic E-state index is 12.8. The van der Waals surface area contributed by atoms with E-state index in [0.29, 0.717) is 16.9 Å². The van der Waals surface area contributed by atoms with E-state index in [-0.39, 0.29) is 11.7 Å². The largest absolute Gasteiger partial charge is 0.496 e. The highest BCUT2D eigenvalue weighted by atomic mass is 32.2. The van der Waals surface area contributed by atoms with Gasteiger partial charge in [0.15, 0.2) is 0 Å². The molecule has 2 aromatic carbocycles. The molecule has 0 radical (unpaired) electrons. The van der Waals surface area contributed by atoms with Gasteiger partial charge in [-0.2, -0.15) is 0 Å². The lowest BCUT2D eigenvalue weighted by Gasteiger charge is -2.21. The molecule has 1 aliphatic rings. The number of sulfonamides is 1. The van der Waals surface area contributed by atoms with Crippen LogP contribution in [-0.4, -0.2) is 27.2 Å². The fourth-order valence-electron chi connectivity index (χ4n) is 3.69. The Labute approximate surface area is 160 Å². The molecule has 0 unspecified atom stereocenters. The molecule has 6 heteroatoms. The number of hydrogen-bond acceptors (Lipinski definition) is 4. The molecule has 1 amide bonds. The maximum atomic E-state index is 12.8. The average Bonchev–Trinajstić information content (AvgIpc) is 2.68. The molecule has 0 saturated heterocycles. The van der Waals surface area contributed by atoms with Gasteiger partial charge in [0.2, 0.25) is 10.0 Å². The Balaban J connectivity index is 1.83. The standard InChI is InChI=1S/C21H25NO4S/c1-26-20-14-8-7-12-18(20)17-11-5-6-13-19(17)21(23)22-27(24,25)15-16-9-3-2-4-10-16/h5-8,11-14,16H,2-4,9-10,15H2,1H3,(H,22,23). The fraction of sp³-hybridized carbons (Fsp3) is 0.381. The van der Waals surface area contributed by atoms with Gasteiger partial charge in [-0.05, 0) is 36.5 Å². The molecule has 0 spiro atoms. The zero-order valence-corrected chi connectivity index (χ0v) is 16.3. The van der Waals surface area contributed by atoms with E-state index in [2.05, 4.69) is 4.72 Å². The second-order valence-electron chi connectivity index (χ2n) is 6.96. The van der Waals surface area contributed by atoms with Crippen LogP contribution < -0.4 is 9.46 Å². The van der Waals surface area contributed by atoms with Gasteiger partial charge in [0, 0.05) is 11.1 Å². The van der Waals surface area contributed by atoms with Crippen molar-refractivity contribution < 1.29 is 17.9 Å². The van der Waals surface area contributed by atoms with Gasteiger partial charge in [-0.15, -0.1) is 0 Å². The number of carbonyl (C=O) groups is 1. The summed E-state index contributed by atoms with van der Waals surface area (Å²) in [5, 5.41) is 0. The molecule has 0 aromatic heterocycles. The number of ether oxygens (including phenoxy) is 1. The smallest absolute Gasteiger partial charge is 0.265 e. The molecule has 5 nitrogen and oxygen atoms in total. The van der Waals surface area contributed by atoms with Crippen molar-refractivity contribution in [3.63, 3.8) is 0 Å². The Morgan fingerprint density at radius 3 is 2.33 bits per heavy atom. The summed E-state index contributed by atoms with van der Waals surface area (Å²) < 4.78 is 32.6. The number of nitrogens with one attached hydrogen (secondary N) is 1. The van der Waals surface area contributed by atoms with Gasteiger partial charge in [0.05, 0.1) is 12.9 Å². The zero-order valence-electron chi connectivity index (χ0n) is 15.5. The van der Waals surface area contributed by atoms with Crippen molar-refractivity contribution in [3.8, 4) is 16.9 Å². The van der Waals surface area contributed by atoms with Crippen molar-refractivity contribution in [1.82, 2.24) is 4.72 Å². The molecule has 0 heterocycles. The van der Waals surface area contributed by atoms with Crippen molar-refractivity contribution in [2.24, 2.45) is 5.92 Å². The van der Waals surface area contributed by atoms with E-state index in [0.717, 1.165) is 37.7 Å². The SMILES string of the molecule is COc1ccccc1-c1ccccc1C(=O)NS(=O)(=O)CC1CCCCC1. The second kappa shape index (κ2) is 8.57. The van der Waals surface area contributed by atoms with Gasteiger partial charge >= 0.3 is 0 Å². The Morgan fingerprint density at radius 2 is 1.63 bits per heavy atom. The molecule has 144 valence electrons. The molecule has 1 N–H and O–H groups in total. The number of rotatable bonds is 6. The predicted molar refractivity (Wildman–Crippen MR) is 106 cm³/mol. The van der Waals surface area contributed by atoms with E-state index < -0.39 is 15.9 Å².